The third-order valence-electron chi connectivity index (χ3n) is 3.02. The highest BCUT2D eigenvalue weighted by Crippen LogP contribution is 2.14. The summed E-state index contributed by atoms with van der Waals surface area (Å²) in [7, 11) is 0. The molecule has 0 aliphatic rings. The summed E-state index contributed by atoms with van der Waals surface area (Å²) in [4.78, 5) is 17.0. The van der Waals surface area contributed by atoms with Gasteiger partial charge in [-0.1, -0.05) is 40.1 Å². The molecule has 0 fully saturated rings. The van der Waals surface area contributed by atoms with Gasteiger partial charge in [0.1, 0.15) is 0 Å². The van der Waals surface area contributed by atoms with Gasteiger partial charge < -0.3 is 9.63 Å². The van der Waals surface area contributed by atoms with Crippen LogP contribution in [0.3, 0.4) is 0 Å². The Kier molecular flexibility index (Phi) is 6.09. The Morgan fingerprint density at radius 2 is 2.27 bits per heavy atom. The Morgan fingerprint density at radius 1 is 1.45 bits per heavy atom. The van der Waals surface area contributed by atoms with Crippen molar-refractivity contribution >= 4 is 21.9 Å². The number of benzene rings is 1. The van der Waals surface area contributed by atoms with Crippen molar-refractivity contribution in [2.45, 2.75) is 26.3 Å². The number of carboxylic acid groups (broad SMARTS) is 1. The van der Waals surface area contributed by atoms with Crippen LogP contribution >= 0.6 is 15.9 Å². The molecule has 0 unspecified atom stereocenters. The van der Waals surface area contributed by atoms with Crippen LogP contribution in [0.25, 0.3) is 0 Å². The van der Waals surface area contributed by atoms with Gasteiger partial charge in [-0.2, -0.15) is 4.98 Å². The standard InChI is InChI=1S/C15H18BrN3O3/c1-2-6-19(10-15(20)21)9-14-17-13(18-22-14)8-11-4-3-5-12(16)7-11/h3-5,7H,2,6,8-10H2,1H3,(H,20,21). The molecule has 0 radical (unpaired) electrons. The summed E-state index contributed by atoms with van der Waals surface area (Å²) >= 11 is 3.43. The minimum Gasteiger partial charge on any atom is -0.480 e. The number of rotatable bonds is 8. The molecule has 0 aliphatic heterocycles. The highest BCUT2D eigenvalue weighted by atomic mass is 79.9. The lowest BCUT2D eigenvalue weighted by molar-refractivity contribution is -0.138. The van der Waals surface area contributed by atoms with Gasteiger partial charge in [-0.05, 0) is 30.7 Å². The molecular formula is C15H18BrN3O3. The summed E-state index contributed by atoms with van der Waals surface area (Å²) in [5, 5.41) is 12.9. The van der Waals surface area contributed by atoms with Crippen LogP contribution in [0.2, 0.25) is 0 Å². The van der Waals surface area contributed by atoms with Crippen molar-refractivity contribution in [2.75, 3.05) is 13.1 Å². The summed E-state index contributed by atoms with van der Waals surface area (Å²) < 4.78 is 6.22. The third kappa shape index (κ3) is 5.23. The molecule has 0 aliphatic carbocycles. The van der Waals surface area contributed by atoms with Gasteiger partial charge in [-0.3, -0.25) is 9.69 Å². The maximum atomic E-state index is 10.8. The molecule has 22 heavy (non-hydrogen) atoms. The fourth-order valence-electron chi connectivity index (χ4n) is 2.17. The monoisotopic (exact) mass is 367 g/mol. The summed E-state index contributed by atoms with van der Waals surface area (Å²) in [5.74, 6) is 0.182. The topological polar surface area (TPSA) is 79.5 Å². The second-order valence-corrected chi connectivity index (χ2v) is 5.93. The third-order valence-corrected chi connectivity index (χ3v) is 3.51. The minimum atomic E-state index is -0.859. The zero-order valence-electron chi connectivity index (χ0n) is 12.3. The van der Waals surface area contributed by atoms with E-state index < -0.39 is 5.97 Å². The smallest absolute Gasteiger partial charge is 0.317 e. The lowest BCUT2D eigenvalue weighted by Gasteiger charge is -2.16. The zero-order valence-corrected chi connectivity index (χ0v) is 13.9. The maximum Gasteiger partial charge on any atom is 0.317 e. The molecule has 0 saturated heterocycles. The molecular weight excluding hydrogens is 350 g/mol. The van der Waals surface area contributed by atoms with Crippen molar-refractivity contribution in [3.8, 4) is 0 Å². The van der Waals surface area contributed by atoms with Crippen molar-refractivity contribution in [3.05, 3.63) is 46.0 Å². The average molecular weight is 368 g/mol. The molecule has 2 aromatic rings. The fraction of sp³-hybridized carbons (Fsp3) is 0.400. The van der Waals surface area contributed by atoms with E-state index in [0.717, 1.165) is 16.5 Å². The van der Waals surface area contributed by atoms with Crippen molar-refractivity contribution in [2.24, 2.45) is 0 Å². The SMILES string of the molecule is CCCN(CC(=O)O)Cc1nc(Cc2cccc(Br)c2)no1. The van der Waals surface area contributed by atoms with Gasteiger partial charge in [0.2, 0.25) is 5.89 Å². The van der Waals surface area contributed by atoms with Gasteiger partial charge in [0.15, 0.2) is 5.82 Å². The Balaban J connectivity index is 1.99. The molecule has 7 heteroatoms. The van der Waals surface area contributed by atoms with E-state index in [-0.39, 0.29) is 6.54 Å². The van der Waals surface area contributed by atoms with Gasteiger partial charge in [0.05, 0.1) is 13.1 Å². The number of hydrogen-bond donors (Lipinski definition) is 1. The second kappa shape index (κ2) is 8.05. The van der Waals surface area contributed by atoms with Crippen LogP contribution in [0.15, 0.2) is 33.3 Å². The van der Waals surface area contributed by atoms with E-state index in [2.05, 4.69) is 26.1 Å². The van der Waals surface area contributed by atoms with Crippen molar-refractivity contribution in [1.29, 1.82) is 0 Å². The van der Waals surface area contributed by atoms with E-state index in [1.54, 1.807) is 4.90 Å². The van der Waals surface area contributed by atoms with Gasteiger partial charge >= 0.3 is 5.97 Å². The molecule has 6 nitrogen and oxygen atoms in total. The van der Waals surface area contributed by atoms with E-state index in [1.165, 1.54) is 0 Å². The van der Waals surface area contributed by atoms with E-state index in [9.17, 15) is 4.79 Å². The van der Waals surface area contributed by atoms with Crippen LogP contribution in [0.5, 0.6) is 0 Å². The highest BCUT2D eigenvalue weighted by Gasteiger charge is 2.14. The minimum absolute atomic E-state index is 0.0306. The molecule has 0 amide bonds. The number of carbonyl (C=O) groups is 1. The number of aromatic nitrogens is 2. The molecule has 1 aromatic carbocycles. The molecule has 0 saturated carbocycles. The molecule has 1 aromatic heterocycles. The summed E-state index contributed by atoms with van der Waals surface area (Å²) in [5.41, 5.74) is 1.08. The van der Waals surface area contributed by atoms with Crippen LogP contribution in [0, 0.1) is 0 Å². The quantitative estimate of drug-likeness (QED) is 0.772. The van der Waals surface area contributed by atoms with Crippen LogP contribution in [0.4, 0.5) is 0 Å². The molecule has 1 N–H and O–H groups in total. The Hall–Kier alpha value is -1.73. The molecule has 0 bridgehead atoms. The number of aliphatic carboxylic acids is 1. The van der Waals surface area contributed by atoms with Gasteiger partial charge in [-0.15, -0.1) is 0 Å². The Labute approximate surface area is 137 Å². The summed E-state index contributed by atoms with van der Waals surface area (Å²) in [6, 6.07) is 7.91. The number of carboxylic acids is 1. The molecule has 118 valence electrons. The van der Waals surface area contributed by atoms with Crippen LogP contribution < -0.4 is 0 Å². The second-order valence-electron chi connectivity index (χ2n) is 5.02. The molecule has 0 spiro atoms. The van der Waals surface area contributed by atoms with Crippen molar-refractivity contribution < 1.29 is 14.4 Å². The van der Waals surface area contributed by atoms with E-state index in [1.807, 2.05) is 31.2 Å². The van der Waals surface area contributed by atoms with Crippen LogP contribution in [-0.2, 0) is 17.8 Å². The van der Waals surface area contributed by atoms with E-state index in [4.69, 9.17) is 9.63 Å². The summed E-state index contributed by atoms with van der Waals surface area (Å²) in [6.07, 6.45) is 1.45. The summed E-state index contributed by atoms with van der Waals surface area (Å²) in [6.45, 7) is 3.00. The van der Waals surface area contributed by atoms with Crippen molar-refractivity contribution in [1.82, 2.24) is 15.0 Å². The maximum absolute atomic E-state index is 10.8. The van der Waals surface area contributed by atoms with Crippen LogP contribution in [-0.4, -0.2) is 39.2 Å². The first kappa shape index (κ1) is 16.6. The Bertz CT molecular complexity index is 630. The van der Waals surface area contributed by atoms with E-state index in [0.29, 0.717) is 31.2 Å². The normalized spacial score (nSPS) is 11.0. The predicted octanol–water partition coefficient (Wildman–Crippen LogP) is 2.72. The first-order valence-corrected chi connectivity index (χ1v) is 7.86. The molecule has 1 heterocycles. The number of hydrogen-bond acceptors (Lipinski definition) is 5. The average Bonchev–Trinajstić information content (AvgIpc) is 2.85. The van der Waals surface area contributed by atoms with Crippen molar-refractivity contribution in [3.63, 3.8) is 0 Å². The molecule has 2 rings (SSSR count). The first-order valence-electron chi connectivity index (χ1n) is 7.07. The zero-order chi connectivity index (χ0) is 15.9. The van der Waals surface area contributed by atoms with Gasteiger partial charge in [0.25, 0.3) is 0 Å². The lowest BCUT2D eigenvalue weighted by Crippen LogP contribution is -2.30. The first-order chi connectivity index (χ1) is 10.6. The van der Waals surface area contributed by atoms with E-state index >= 15 is 0 Å². The number of halogens is 1. The van der Waals surface area contributed by atoms with Gasteiger partial charge in [0, 0.05) is 10.9 Å². The lowest BCUT2D eigenvalue weighted by atomic mass is 10.1. The predicted molar refractivity (Wildman–Crippen MR) is 84.4 cm³/mol. The number of nitrogens with zero attached hydrogens (tertiary/aromatic N) is 3. The molecule has 0 atom stereocenters. The highest BCUT2D eigenvalue weighted by molar-refractivity contribution is 9.10. The fourth-order valence-corrected chi connectivity index (χ4v) is 2.62. The van der Waals surface area contributed by atoms with Gasteiger partial charge in [-0.25, -0.2) is 0 Å². The van der Waals surface area contributed by atoms with Crippen LogP contribution in [0.1, 0.15) is 30.6 Å². The largest absolute Gasteiger partial charge is 0.480 e. The Morgan fingerprint density at radius 3 is 2.95 bits per heavy atom.